The molecule has 0 aliphatic rings. The van der Waals surface area contributed by atoms with Gasteiger partial charge in [0.1, 0.15) is 5.76 Å². The van der Waals surface area contributed by atoms with Crippen LogP contribution in [0.5, 0.6) is 11.5 Å². The van der Waals surface area contributed by atoms with Crippen molar-refractivity contribution in [3.8, 4) is 22.8 Å². The number of benzene rings is 2. The van der Waals surface area contributed by atoms with Crippen LogP contribution in [0.15, 0.2) is 68.7 Å². The minimum atomic E-state index is -3.60. The molecule has 0 fully saturated rings. The third kappa shape index (κ3) is 3.52. The topological polar surface area (TPSA) is 73.6 Å². The van der Waals surface area contributed by atoms with Gasteiger partial charge in [0.05, 0.1) is 4.90 Å². The SMILES string of the molecule is Cc1cc(=O)c(Oc2ccccc2F)c(-c2ccccc2S(C)(=O)=O)o1. The number of sulfone groups is 1. The van der Waals surface area contributed by atoms with Gasteiger partial charge in [0.15, 0.2) is 27.2 Å². The smallest absolute Gasteiger partial charge is 0.228 e. The maximum absolute atomic E-state index is 13.9. The fraction of sp³-hybridized carbons (Fsp3) is 0.105. The summed E-state index contributed by atoms with van der Waals surface area (Å²) >= 11 is 0. The number of ether oxygens (including phenoxy) is 1. The monoisotopic (exact) mass is 374 g/mol. The Labute approximate surface area is 149 Å². The van der Waals surface area contributed by atoms with E-state index in [1.165, 1.54) is 36.4 Å². The van der Waals surface area contributed by atoms with E-state index in [1.807, 2.05) is 0 Å². The van der Waals surface area contributed by atoms with Gasteiger partial charge in [-0.1, -0.05) is 24.3 Å². The van der Waals surface area contributed by atoms with E-state index in [0.717, 1.165) is 6.26 Å². The minimum Gasteiger partial charge on any atom is -0.457 e. The van der Waals surface area contributed by atoms with Gasteiger partial charge in [-0.15, -0.1) is 0 Å². The van der Waals surface area contributed by atoms with Crippen molar-refractivity contribution in [3.05, 3.63) is 76.4 Å². The molecule has 0 atom stereocenters. The van der Waals surface area contributed by atoms with E-state index < -0.39 is 21.1 Å². The molecule has 1 aromatic heterocycles. The molecule has 0 aliphatic heterocycles. The predicted molar refractivity (Wildman–Crippen MR) is 94.7 cm³/mol. The summed E-state index contributed by atoms with van der Waals surface area (Å²) < 4.78 is 49.2. The van der Waals surface area contributed by atoms with Crippen molar-refractivity contribution >= 4 is 9.84 Å². The van der Waals surface area contributed by atoms with Crippen LogP contribution in [0.4, 0.5) is 4.39 Å². The van der Waals surface area contributed by atoms with Crippen molar-refractivity contribution in [3.63, 3.8) is 0 Å². The first-order chi connectivity index (χ1) is 12.3. The molecule has 0 spiro atoms. The molecule has 5 nitrogen and oxygen atoms in total. The van der Waals surface area contributed by atoms with Crippen LogP contribution in [-0.2, 0) is 9.84 Å². The molecule has 0 amide bonds. The molecule has 0 radical (unpaired) electrons. The first kappa shape index (κ1) is 17.9. The maximum Gasteiger partial charge on any atom is 0.228 e. The van der Waals surface area contributed by atoms with Crippen LogP contribution in [0.3, 0.4) is 0 Å². The fourth-order valence-electron chi connectivity index (χ4n) is 2.49. The molecule has 0 unspecified atom stereocenters. The lowest BCUT2D eigenvalue weighted by molar-refractivity contribution is 0.414. The molecule has 3 rings (SSSR count). The number of rotatable bonds is 4. The van der Waals surface area contributed by atoms with Gasteiger partial charge < -0.3 is 9.15 Å². The Hall–Kier alpha value is -2.93. The quantitative estimate of drug-likeness (QED) is 0.691. The number of para-hydroxylation sites is 1. The highest BCUT2D eigenvalue weighted by Gasteiger charge is 2.22. The first-order valence-electron chi connectivity index (χ1n) is 7.64. The van der Waals surface area contributed by atoms with Crippen molar-refractivity contribution in [2.45, 2.75) is 11.8 Å². The van der Waals surface area contributed by atoms with Crippen LogP contribution in [0.2, 0.25) is 0 Å². The van der Waals surface area contributed by atoms with E-state index in [1.54, 1.807) is 25.1 Å². The molecule has 7 heteroatoms. The number of halogens is 1. The molecule has 134 valence electrons. The van der Waals surface area contributed by atoms with E-state index in [-0.39, 0.29) is 33.5 Å². The summed E-state index contributed by atoms with van der Waals surface area (Å²) in [4.78, 5) is 12.4. The normalized spacial score (nSPS) is 11.3. The van der Waals surface area contributed by atoms with Crippen LogP contribution < -0.4 is 10.2 Å². The molecular formula is C19H15FO5S. The Balaban J connectivity index is 2.27. The summed E-state index contributed by atoms with van der Waals surface area (Å²) in [5.74, 6) is -0.901. The van der Waals surface area contributed by atoms with Crippen molar-refractivity contribution < 1.29 is 22.0 Å². The molecule has 26 heavy (non-hydrogen) atoms. The Bertz CT molecular complexity index is 1130. The number of aryl methyl sites for hydroxylation is 1. The molecule has 0 N–H and O–H groups in total. The Morgan fingerprint density at radius 1 is 1.04 bits per heavy atom. The molecule has 3 aromatic rings. The van der Waals surface area contributed by atoms with Crippen molar-refractivity contribution in [2.75, 3.05) is 6.26 Å². The molecule has 0 aliphatic carbocycles. The zero-order valence-corrected chi connectivity index (χ0v) is 14.8. The second-order valence-corrected chi connectivity index (χ2v) is 7.66. The highest BCUT2D eigenvalue weighted by molar-refractivity contribution is 7.90. The summed E-state index contributed by atoms with van der Waals surface area (Å²) in [6, 6.07) is 12.9. The lowest BCUT2D eigenvalue weighted by atomic mass is 10.1. The van der Waals surface area contributed by atoms with Gasteiger partial charge in [-0.2, -0.15) is 0 Å². The summed E-state index contributed by atoms with van der Waals surface area (Å²) in [6.45, 7) is 1.56. The molecule has 1 heterocycles. The van der Waals surface area contributed by atoms with Gasteiger partial charge in [-0.3, -0.25) is 4.79 Å². The third-order valence-corrected chi connectivity index (χ3v) is 4.76. The van der Waals surface area contributed by atoms with Gasteiger partial charge in [0.25, 0.3) is 0 Å². The summed E-state index contributed by atoms with van der Waals surface area (Å²) in [6.07, 6.45) is 1.05. The summed E-state index contributed by atoms with van der Waals surface area (Å²) in [5, 5.41) is 0. The lowest BCUT2D eigenvalue weighted by Gasteiger charge is -2.13. The van der Waals surface area contributed by atoms with Crippen LogP contribution in [0, 0.1) is 12.7 Å². The zero-order chi connectivity index (χ0) is 18.9. The summed E-state index contributed by atoms with van der Waals surface area (Å²) in [7, 11) is -3.60. The Kier molecular flexibility index (Phi) is 4.65. The lowest BCUT2D eigenvalue weighted by Crippen LogP contribution is -2.08. The summed E-state index contributed by atoms with van der Waals surface area (Å²) in [5.41, 5.74) is -0.377. The standard InChI is InChI=1S/C19H15FO5S/c1-12-11-15(21)19(25-16-9-5-4-8-14(16)20)18(24-12)13-7-3-6-10-17(13)26(2,22)23/h3-11H,1-2H3. The predicted octanol–water partition coefficient (Wildman–Crippen LogP) is 3.95. The maximum atomic E-state index is 13.9. The van der Waals surface area contributed by atoms with Gasteiger partial charge in [-0.05, 0) is 31.2 Å². The molecule has 0 saturated heterocycles. The van der Waals surface area contributed by atoms with Gasteiger partial charge in [0.2, 0.25) is 11.2 Å². The first-order valence-corrected chi connectivity index (χ1v) is 9.53. The van der Waals surface area contributed by atoms with E-state index in [9.17, 15) is 17.6 Å². The third-order valence-electron chi connectivity index (χ3n) is 3.61. The van der Waals surface area contributed by atoms with Crippen molar-refractivity contribution in [1.29, 1.82) is 0 Å². The number of hydrogen-bond acceptors (Lipinski definition) is 5. The highest BCUT2D eigenvalue weighted by Crippen LogP contribution is 2.35. The van der Waals surface area contributed by atoms with Crippen molar-refractivity contribution in [1.82, 2.24) is 0 Å². The zero-order valence-electron chi connectivity index (χ0n) is 14.0. The Morgan fingerprint density at radius 2 is 1.69 bits per heavy atom. The van der Waals surface area contributed by atoms with Crippen molar-refractivity contribution in [2.24, 2.45) is 0 Å². The largest absolute Gasteiger partial charge is 0.457 e. The Morgan fingerprint density at radius 3 is 2.38 bits per heavy atom. The average Bonchev–Trinajstić information content (AvgIpc) is 2.58. The minimum absolute atomic E-state index is 0.0212. The second-order valence-electron chi connectivity index (χ2n) is 5.68. The van der Waals surface area contributed by atoms with E-state index in [2.05, 4.69) is 0 Å². The molecule has 2 aromatic carbocycles. The van der Waals surface area contributed by atoms with Crippen LogP contribution >= 0.6 is 0 Å². The average molecular weight is 374 g/mol. The molecular weight excluding hydrogens is 359 g/mol. The highest BCUT2D eigenvalue weighted by atomic mass is 32.2. The van der Waals surface area contributed by atoms with Gasteiger partial charge >= 0.3 is 0 Å². The van der Waals surface area contributed by atoms with Gasteiger partial charge in [-0.25, -0.2) is 12.8 Å². The van der Waals surface area contributed by atoms with E-state index in [4.69, 9.17) is 9.15 Å². The number of hydrogen-bond donors (Lipinski definition) is 0. The van der Waals surface area contributed by atoms with Crippen LogP contribution in [0.25, 0.3) is 11.3 Å². The fourth-order valence-corrected chi connectivity index (χ4v) is 3.37. The van der Waals surface area contributed by atoms with Crippen LogP contribution in [-0.4, -0.2) is 14.7 Å². The molecule has 0 bridgehead atoms. The second kappa shape index (κ2) is 6.76. The molecule has 0 saturated carbocycles. The van der Waals surface area contributed by atoms with E-state index >= 15 is 0 Å². The van der Waals surface area contributed by atoms with E-state index in [0.29, 0.717) is 0 Å². The van der Waals surface area contributed by atoms with Gasteiger partial charge in [0, 0.05) is 17.9 Å². The van der Waals surface area contributed by atoms with Crippen LogP contribution in [0.1, 0.15) is 5.76 Å².